The van der Waals surface area contributed by atoms with Gasteiger partial charge in [-0.2, -0.15) is 0 Å². The smallest absolute Gasteiger partial charge is 0.163 e. The maximum absolute atomic E-state index is 11.8. The first-order chi connectivity index (χ1) is 7.04. The third kappa shape index (κ3) is 3.35. The van der Waals surface area contributed by atoms with E-state index in [1.807, 2.05) is 13.0 Å². The number of carbonyl (C=O) groups excluding carboxylic acids is 1. The molecule has 0 fully saturated rings. The van der Waals surface area contributed by atoms with Gasteiger partial charge in [-0.3, -0.25) is 4.79 Å². The molecule has 1 atom stereocenters. The first-order valence-electron chi connectivity index (χ1n) is 5.34. The maximum Gasteiger partial charge on any atom is 0.163 e. The summed E-state index contributed by atoms with van der Waals surface area (Å²) in [5.41, 5.74) is 1.74. The average molecular weight is 225 g/mol. The number of benzene rings is 1. The van der Waals surface area contributed by atoms with Crippen molar-refractivity contribution in [1.29, 1.82) is 0 Å². The molecule has 0 aliphatic heterocycles. The summed E-state index contributed by atoms with van der Waals surface area (Å²) in [7, 11) is 0. The number of hydrogen-bond donors (Lipinski definition) is 0. The number of hydrogen-bond acceptors (Lipinski definition) is 1. The minimum Gasteiger partial charge on any atom is -0.294 e. The first-order valence-corrected chi connectivity index (χ1v) is 5.71. The molecular formula is C13H17ClO. The van der Waals surface area contributed by atoms with Crippen LogP contribution in [-0.2, 0) is 0 Å². The van der Waals surface area contributed by atoms with Crippen LogP contribution in [0, 0.1) is 12.8 Å². The highest BCUT2D eigenvalue weighted by atomic mass is 35.5. The molecule has 0 saturated heterocycles. The fourth-order valence-corrected chi connectivity index (χ4v) is 1.51. The lowest BCUT2D eigenvalue weighted by Crippen LogP contribution is -2.05. The predicted octanol–water partition coefficient (Wildman–Crippen LogP) is 4.27. The third-order valence-electron chi connectivity index (χ3n) is 2.71. The molecule has 0 aliphatic rings. The van der Waals surface area contributed by atoms with E-state index in [2.05, 4.69) is 13.8 Å². The van der Waals surface area contributed by atoms with E-state index in [1.165, 1.54) is 0 Å². The summed E-state index contributed by atoms with van der Waals surface area (Å²) in [6.07, 6.45) is 1.66. The van der Waals surface area contributed by atoms with E-state index in [-0.39, 0.29) is 5.78 Å². The number of carbonyl (C=O) groups is 1. The Morgan fingerprint density at radius 2 is 2.13 bits per heavy atom. The Labute approximate surface area is 96.5 Å². The maximum atomic E-state index is 11.8. The molecule has 0 aromatic heterocycles. The van der Waals surface area contributed by atoms with Crippen LogP contribution in [0.5, 0.6) is 0 Å². The molecule has 0 heterocycles. The second-order valence-corrected chi connectivity index (χ2v) is 4.51. The summed E-state index contributed by atoms with van der Waals surface area (Å²) in [5.74, 6) is 0.664. The van der Waals surface area contributed by atoms with Gasteiger partial charge in [-0.1, -0.05) is 31.9 Å². The lowest BCUT2D eigenvalue weighted by Gasteiger charge is -2.08. The molecule has 1 nitrogen and oxygen atoms in total. The van der Waals surface area contributed by atoms with E-state index in [9.17, 15) is 4.79 Å². The van der Waals surface area contributed by atoms with Gasteiger partial charge in [0.05, 0.1) is 0 Å². The van der Waals surface area contributed by atoms with Crippen LogP contribution in [-0.4, -0.2) is 5.78 Å². The molecule has 1 aromatic carbocycles. The first kappa shape index (κ1) is 12.3. The van der Waals surface area contributed by atoms with E-state index in [4.69, 9.17) is 11.6 Å². The van der Waals surface area contributed by atoms with Crippen LogP contribution in [0.3, 0.4) is 0 Å². The van der Waals surface area contributed by atoms with Crippen LogP contribution in [0.15, 0.2) is 18.2 Å². The summed E-state index contributed by atoms with van der Waals surface area (Å²) in [6.45, 7) is 6.12. The van der Waals surface area contributed by atoms with Crippen LogP contribution < -0.4 is 0 Å². The topological polar surface area (TPSA) is 17.1 Å². The molecule has 82 valence electrons. The van der Waals surface area contributed by atoms with Crippen LogP contribution in [0.4, 0.5) is 0 Å². The number of rotatable bonds is 4. The van der Waals surface area contributed by atoms with Crippen molar-refractivity contribution in [2.45, 2.75) is 33.6 Å². The van der Waals surface area contributed by atoms with E-state index in [0.29, 0.717) is 12.3 Å². The van der Waals surface area contributed by atoms with E-state index >= 15 is 0 Å². The average Bonchev–Trinajstić information content (AvgIpc) is 2.21. The highest BCUT2D eigenvalue weighted by Gasteiger charge is 2.10. The van der Waals surface area contributed by atoms with Crippen LogP contribution in [0.1, 0.15) is 42.6 Å². The quantitative estimate of drug-likeness (QED) is 0.699. The van der Waals surface area contributed by atoms with Gasteiger partial charge < -0.3 is 0 Å². The van der Waals surface area contributed by atoms with Gasteiger partial charge in [-0.25, -0.2) is 0 Å². The van der Waals surface area contributed by atoms with Crippen molar-refractivity contribution >= 4 is 17.4 Å². The molecule has 0 saturated carbocycles. The Morgan fingerprint density at radius 1 is 1.47 bits per heavy atom. The minimum absolute atomic E-state index is 0.212. The Kier molecular flexibility index (Phi) is 4.34. The molecule has 1 rings (SSSR count). The largest absolute Gasteiger partial charge is 0.294 e. The lowest BCUT2D eigenvalue weighted by atomic mass is 9.97. The van der Waals surface area contributed by atoms with Crippen LogP contribution in [0.25, 0.3) is 0 Å². The third-order valence-corrected chi connectivity index (χ3v) is 3.13. The minimum atomic E-state index is 0.212. The predicted molar refractivity (Wildman–Crippen MR) is 64.6 cm³/mol. The van der Waals surface area contributed by atoms with Gasteiger partial charge in [0.25, 0.3) is 0 Å². The molecule has 1 unspecified atom stereocenters. The van der Waals surface area contributed by atoms with Crippen molar-refractivity contribution < 1.29 is 4.79 Å². The van der Waals surface area contributed by atoms with Crippen molar-refractivity contribution in [3.8, 4) is 0 Å². The molecule has 1 aromatic rings. The van der Waals surface area contributed by atoms with Gasteiger partial charge in [-0.15, -0.1) is 0 Å². The van der Waals surface area contributed by atoms with Crippen LogP contribution >= 0.6 is 11.6 Å². The van der Waals surface area contributed by atoms with Gasteiger partial charge in [0.15, 0.2) is 5.78 Å². The lowest BCUT2D eigenvalue weighted by molar-refractivity contribution is 0.0963. The number of halogens is 1. The Hall–Kier alpha value is -0.820. The van der Waals surface area contributed by atoms with Crippen molar-refractivity contribution in [2.24, 2.45) is 5.92 Å². The van der Waals surface area contributed by atoms with Crippen molar-refractivity contribution in [3.05, 3.63) is 34.3 Å². The van der Waals surface area contributed by atoms with Gasteiger partial charge in [0.2, 0.25) is 0 Å². The molecule has 15 heavy (non-hydrogen) atoms. The number of ketones is 1. The fourth-order valence-electron chi connectivity index (χ4n) is 1.40. The molecule has 0 radical (unpaired) electrons. The van der Waals surface area contributed by atoms with Gasteiger partial charge in [0.1, 0.15) is 0 Å². The van der Waals surface area contributed by atoms with E-state index in [1.54, 1.807) is 12.1 Å². The molecule has 2 heteroatoms. The molecular weight excluding hydrogens is 208 g/mol. The second-order valence-electron chi connectivity index (χ2n) is 4.10. The Bertz CT molecular complexity index is 358. The molecule has 0 amide bonds. The molecule has 0 bridgehead atoms. The fraction of sp³-hybridized carbons (Fsp3) is 0.462. The molecule has 0 spiro atoms. The second kappa shape index (κ2) is 5.32. The highest BCUT2D eigenvalue weighted by molar-refractivity contribution is 6.31. The SMILES string of the molecule is CCC(C)CC(=O)c1ccc(Cl)c(C)c1. The van der Waals surface area contributed by atoms with Crippen molar-refractivity contribution in [2.75, 3.05) is 0 Å². The summed E-state index contributed by atoms with van der Waals surface area (Å²) in [6, 6.07) is 5.47. The monoisotopic (exact) mass is 224 g/mol. The normalized spacial score (nSPS) is 12.5. The summed E-state index contributed by atoms with van der Waals surface area (Å²) >= 11 is 5.91. The Balaban J connectivity index is 2.78. The van der Waals surface area contributed by atoms with Gasteiger partial charge in [-0.05, 0) is 36.6 Å². The number of aryl methyl sites for hydroxylation is 1. The highest BCUT2D eigenvalue weighted by Crippen LogP contribution is 2.19. The van der Waals surface area contributed by atoms with Crippen molar-refractivity contribution in [1.82, 2.24) is 0 Å². The summed E-state index contributed by atoms with van der Waals surface area (Å²) in [5, 5.41) is 0.718. The van der Waals surface area contributed by atoms with Crippen molar-refractivity contribution in [3.63, 3.8) is 0 Å². The molecule has 0 aliphatic carbocycles. The van der Waals surface area contributed by atoms with E-state index in [0.717, 1.165) is 22.6 Å². The van der Waals surface area contributed by atoms with Crippen LogP contribution in [0.2, 0.25) is 5.02 Å². The standard InChI is InChI=1S/C13H17ClO/c1-4-9(2)7-13(15)11-5-6-12(14)10(3)8-11/h5-6,8-9H,4,7H2,1-3H3. The van der Waals surface area contributed by atoms with E-state index < -0.39 is 0 Å². The number of Topliss-reactive ketones (excluding diaryl/α,β-unsaturated/α-hetero) is 1. The zero-order valence-corrected chi connectivity index (χ0v) is 10.3. The zero-order valence-electron chi connectivity index (χ0n) is 9.51. The summed E-state index contributed by atoms with van der Waals surface area (Å²) in [4.78, 5) is 11.8. The Morgan fingerprint density at radius 3 is 2.67 bits per heavy atom. The van der Waals surface area contributed by atoms with Gasteiger partial charge >= 0.3 is 0 Å². The summed E-state index contributed by atoms with van der Waals surface area (Å²) < 4.78 is 0. The van der Waals surface area contributed by atoms with Gasteiger partial charge in [0, 0.05) is 17.0 Å². The molecule has 0 N–H and O–H groups in total. The zero-order chi connectivity index (χ0) is 11.4.